The Morgan fingerprint density at radius 1 is 1.82 bits per heavy atom. The van der Waals surface area contributed by atoms with E-state index in [1.165, 1.54) is 6.33 Å². The molecule has 11 heavy (non-hydrogen) atoms. The molecule has 0 atom stereocenters. The van der Waals surface area contributed by atoms with Crippen LogP contribution in [-0.2, 0) is 0 Å². The molecule has 0 unspecified atom stereocenters. The van der Waals surface area contributed by atoms with E-state index in [0.29, 0.717) is 17.2 Å². The minimum atomic E-state index is 0.451. The lowest BCUT2D eigenvalue weighted by molar-refractivity contribution is 1.20. The van der Waals surface area contributed by atoms with E-state index in [2.05, 4.69) is 9.97 Å². The van der Waals surface area contributed by atoms with Crippen LogP contribution in [0.1, 0.15) is 19.0 Å². The summed E-state index contributed by atoms with van der Waals surface area (Å²) in [6, 6.07) is 0. The Kier molecular flexibility index (Phi) is 2.15. The highest BCUT2D eigenvalue weighted by molar-refractivity contribution is 5.67. The molecule has 4 nitrogen and oxygen atoms in total. The number of nitrogen functional groups attached to an aromatic ring is 1. The number of allylic oxidation sites excluding steroid dienone is 1. The van der Waals surface area contributed by atoms with Crippen molar-refractivity contribution in [2.75, 3.05) is 5.73 Å². The zero-order valence-corrected chi connectivity index (χ0v) is 6.46. The molecule has 0 aromatic carbocycles. The van der Waals surface area contributed by atoms with Crippen LogP contribution in [0.5, 0.6) is 0 Å². The van der Waals surface area contributed by atoms with Crippen molar-refractivity contribution in [1.82, 2.24) is 9.97 Å². The first-order valence-corrected chi connectivity index (χ1v) is 3.50. The minimum absolute atomic E-state index is 0.451. The second-order valence-electron chi connectivity index (χ2n) is 2.23. The lowest BCUT2D eigenvalue weighted by Gasteiger charge is -1.96. The molecular weight excluding hydrogens is 140 g/mol. The van der Waals surface area contributed by atoms with Crippen LogP contribution in [0, 0.1) is 0 Å². The summed E-state index contributed by atoms with van der Waals surface area (Å²) in [5, 5.41) is 0. The van der Waals surface area contributed by atoms with Gasteiger partial charge in [-0.15, -0.1) is 0 Å². The summed E-state index contributed by atoms with van der Waals surface area (Å²) in [5.74, 6) is 0.451. The van der Waals surface area contributed by atoms with E-state index >= 15 is 0 Å². The van der Waals surface area contributed by atoms with Crippen molar-refractivity contribution < 1.29 is 0 Å². The number of aromatic amines is 1. The second-order valence-corrected chi connectivity index (χ2v) is 2.23. The van der Waals surface area contributed by atoms with Gasteiger partial charge in [-0.2, -0.15) is 0 Å². The maximum absolute atomic E-state index is 5.66. The molecule has 0 saturated carbocycles. The van der Waals surface area contributed by atoms with E-state index in [-0.39, 0.29) is 0 Å². The van der Waals surface area contributed by atoms with E-state index in [9.17, 15) is 0 Å². The lowest BCUT2D eigenvalue weighted by Crippen LogP contribution is -2.00. The Bertz CT molecular complexity index is 261. The highest BCUT2D eigenvalue weighted by Gasteiger charge is 2.02. The van der Waals surface area contributed by atoms with Gasteiger partial charge in [-0.3, -0.25) is 0 Å². The Balaban J connectivity index is 2.92. The van der Waals surface area contributed by atoms with Gasteiger partial charge in [0, 0.05) is 0 Å². The largest absolute Gasteiger partial charge is 0.397 e. The van der Waals surface area contributed by atoms with E-state index < -0.39 is 0 Å². The molecular formula is C7H12N4. The molecule has 0 aliphatic rings. The van der Waals surface area contributed by atoms with Crippen molar-refractivity contribution >= 4 is 11.5 Å². The fraction of sp³-hybridized carbons (Fsp3) is 0.286. The van der Waals surface area contributed by atoms with E-state index in [4.69, 9.17) is 11.5 Å². The predicted octanol–water partition coefficient (Wildman–Crippen LogP) is 0.702. The molecule has 0 radical (unpaired) electrons. The number of rotatable bonds is 2. The monoisotopic (exact) mass is 152 g/mol. The average molecular weight is 152 g/mol. The third kappa shape index (κ3) is 1.52. The van der Waals surface area contributed by atoms with Gasteiger partial charge in [0.2, 0.25) is 0 Å². The number of nitrogens with zero attached hydrogens (tertiary/aromatic N) is 1. The lowest BCUT2D eigenvalue weighted by atomic mass is 10.3. The molecule has 1 rings (SSSR count). The number of H-pyrrole nitrogens is 1. The van der Waals surface area contributed by atoms with Crippen LogP contribution in [0.4, 0.5) is 5.82 Å². The summed E-state index contributed by atoms with van der Waals surface area (Å²) in [7, 11) is 0. The summed E-state index contributed by atoms with van der Waals surface area (Å²) >= 11 is 0. The number of nitrogens with two attached hydrogens (primary N) is 2. The maximum atomic E-state index is 5.66. The Morgan fingerprint density at radius 3 is 3.00 bits per heavy atom. The van der Waals surface area contributed by atoms with Gasteiger partial charge in [0.05, 0.1) is 12.0 Å². The normalized spacial score (nSPS) is 11.9. The van der Waals surface area contributed by atoms with Gasteiger partial charge >= 0.3 is 0 Å². The molecule has 60 valence electrons. The van der Waals surface area contributed by atoms with Gasteiger partial charge < -0.3 is 16.5 Å². The number of aromatic nitrogens is 2. The summed E-state index contributed by atoms with van der Waals surface area (Å²) in [6.45, 7) is 2.01. The SMILES string of the molecule is CC/C=C(/N)c1[nH]cnc1N. The van der Waals surface area contributed by atoms with E-state index in [0.717, 1.165) is 6.42 Å². The molecule has 0 bridgehead atoms. The molecule has 5 N–H and O–H groups in total. The zero-order chi connectivity index (χ0) is 8.27. The third-order valence-corrected chi connectivity index (χ3v) is 1.38. The van der Waals surface area contributed by atoms with Crippen LogP contribution in [0.2, 0.25) is 0 Å². The molecule has 0 spiro atoms. The molecule has 0 saturated heterocycles. The van der Waals surface area contributed by atoms with Crippen molar-refractivity contribution in [2.45, 2.75) is 13.3 Å². The van der Waals surface area contributed by atoms with Crippen molar-refractivity contribution in [2.24, 2.45) is 5.73 Å². The molecule has 0 amide bonds. The summed E-state index contributed by atoms with van der Waals surface area (Å²) in [5.41, 5.74) is 12.5. The van der Waals surface area contributed by atoms with Gasteiger partial charge in [0.15, 0.2) is 5.82 Å². The van der Waals surface area contributed by atoms with Crippen LogP contribution in [-0.4, -0.2) is 9.97 Å². The molecule has 1 heterocycles. The number of imidazole rings is 1. The molecule has 1 aromatic rings. The van der Waals surface area contributed by atoms with Crippen LogP contribution in [0.25, 0.3) is 5.70 Å². The summed E-state index contributed by atoms with van der Waals surface area (Å²) in [6.07, 6.45) is 4.31. The number of nitrogens with one attached hydrogen (secondary N) is 1. The van der Waals surface area contributed by atoms with Gasteiger partial charge in [0.1, 0.15) is 5.69 Å². The summed E-state index contributed by atoms with van der Waals surface area (Å²) in [4.78, 5) is 6.68. The number of hydrogen-bond acceptors (Lipinski definition) is 3. The molecule has 1 aromatic heterocycles. The zero-order valence-electron chi connectivity index (χ0n) is 6.46. The van der Waals surface area contributed by atoms with Crippen molar-refractivity contribution in [3.63, 3.8) is 0 Å². The predicted molar refractivity (Wildman–Crippen MR) is 45.5 cm³/mol. The fourth-order valence-electron chi connectivity index (χ4n) is 0.858. The first-order valence-electron chi connectivity index (χ1n) is 3.50. The highest BCUT2D eigenvalue weighted by Crippen LogP contribution is 2.11. The number of hydrogen-bond donors (Lipinski definition) is 3. The average Bonchev–Trinajstić information content (AvgIpc) is 2.36. The van der Waals surface area contributed by atoms with Crippen molar-refractivity contribution in [3.8, 4) is 0 Å². The standard InChI is InChI=1S/C7H12N4/c1-2-3-5(8)6-7(9)11-4-10-6/h3-4H,2,8-9H2,1H3,(H,10,11)/b5-3+. The van der Waals surface area contributed by atoms with Gasteiger partial charge in [-0.05, 0) is 6.42 Å². The quantitative estimate of drug-likeness (QED) is 0.583. The smallest absolute Gasteiger partial charge is 0.151 e. The van der Waals surface area contributed by atoms with Gasteiger partial charge in [-0.25, -0.2) is 4.98 Å². The topological polar surface area (TPSA) is 80.7 Å². The molecule has 0 aliphatic heterocycles. The fourth-order valence-corrected chi connectivity index (χ4v) is 0.858. The van der Waals surface area contributed by atoms with Crippen molar-refractivity contribution in [1.29, 1.82) is 0 Å². The highest BCUT2D eigenvalue weighted by atomic mass is 15.0. The molecule has 0 aliphatic carbocycles. The third-order valence-electron chi connectivity index (χ3n) is 1.38. The molecule has 4 heteroatoms. The van der Waals surface area contributed by atoms with E-state index in [1.807, 2.05) is 13.0 Å². The molecule has 0 fully saturated rings. The Labute approximate surface area is 65.3 Å². The van der Waals surface area contributed by atoms with E-state index in [1.54, 1.807) is 0 Å². The Hall–Kier alpha value is -1.45. The van der Waals surface area contributed by atoms with Crippen LogP contribution < -0.4 is 11.5 Å². The van der Waals surface area contributed by atoms with Crippen LogP contribution in [0.3, 0.4) is 0 Å². The van der Waals surface area contributed by atoms with Crippen molar-refractivity contribution in [3.05, 3.63) is 18.1 Å². The minimum Gasteiger partial charge on any atom is -0.397 e. The van der Waals surface area contributed by atoms with Gasteiger partial charge in [0.25, 0.3) is 0 Å². The first-order chi connectivity index (χ1) is 5.25. The summed E-state index contributed by atoms with van der Waals surface area (Å²) < 4.78 is 0. The number of anilines is 1. The second kappa shape index (κ2) is 3.09. The van der Waals surface area contributed by atoms with Crippen LogP contribution >= 0.6 is 0 Å². The van der Waals surface area contributed by atoms with Gasteiger partial charge in [-0.1, -0.05) is 13.0 Å². The Morgan fingerprint density at radius 2 is 2.55 bits per heavy atom. The van der Waals surface area contributed by atoms with Crippen LogP contribution in [0.15, 0.2) is 12.4 Å². The maximum Gasteiger partial charge on any atom is 0.151 e. The first kappa shape index (κ1) is 7.65.